The van der Waals surface area contributed by atoms with E-state index in [0.29, 0.717) is 0 Å². The molecule has 18 heavy (non-hydrogen) atoms. The molecule has 1 aromatic carbocycles. The Morgan fingerprint density at radius 3 is 2.67 bits per heavy atom. The van der Waals surface area contributed by atoms with Crippen molar-refractivity contribution in [3.05, 3.63) is 53.7 Å². The number of thioether (sulfide) groups is 1. The van der Waals surface area contributed by atoms with Crippen molar-refractivity contribution in [1.82, 2.24) is 4.98 Å². The Kier molecular flexibility index (Phi) is 4.65. The van der Waals surface area contributed by atoms with E-state index in [1.165, 1.54) is 16.0 Å². The van der Waals surface area contributed by atoms with E-state index in [4.69, 9.17) is 0 Å². The maximum Gasteiger partial charge on any atom is 0.129 e. The Bertz CT molecular complexity index is 494. The maximum absolute atomic E-state index is 4.37. The molecule has 1 N–H and O–H groups in total. The van der Waals surface area contributed by atoms with Crippen LogP contribution in [0.5, 0.6) is 0 Å². The molecule has 0 saturated heterocycles. The first-order chi connectivity index (χ1) is 8.79. The lowest BCUT2D eigenvalue weighted by Gasteiger charge is -2.09. The zero-order chi connectivity index (χ0) is 12.8. The van der Waals surface area contributed by atoms with Crippen molar-refractivity contribution in [2.75, 3.05) is 11.9 Å². The zero-order valence-corrected chi connectivity index (χ0v) is 11.6. The number of aryl methyl sites for hydroxylation is 1. The number of aromatic nitrogens is 1. The van der Waals surface area contributed by atoms with Crippen LogP contribution in [0.2, 0.25) is 0 Å². The number of hydrogen-bond donors (Lipinski definition) is 1. The lowest BCUT2D eigenvalue weighted by Crippen LogP contribution is -2.02. The van der Waals surface area contributed by atoms with E-state index in [2.05, 4.69) is 54.5 Å². The van der Waals surface area contributed by atoms with E-state index >= 15 is 0 Å². The minimum Gasteiger partial charge on any atom is -0.370 e. The highest BCUT2D eigenvalue weighted by Gasteiger charge is 2.02. The van der Waals surface area contributed by atoms with Gasteiger partial charge in [-0.1, -0.05) is 23.8 Å². The number of anilines is 1. The van der Waals surface area contributed by atoms with Crippen molar-refractivity contribution in [2.45, 2.75) is 24.5 Å². The summed E-state index contributed by atoms with van der Waals surface area (Å²) in [7, 11) is 0. The molecule has 0 aliphatic carbocycles. The van der Waals surface area contributed by atoms with E-state index in [1.807, 2.05) is 24.0 Å². The average molecular weight is 258 g/mol. The Labute approximate surface area is 113 Å². The van der Waals surface area contributed by atoms with Gasteiger partial charge in [0.15, 0.2) is 0 Å². The lowest BCUT2D eigenvalue weighted by molar-refractivity contribution is 1.13. The van der Waals surface area contributed by atoms with Gasteiger partial charge in [-0.15, -0.1) is 11.8 Å². The first-order valence-electron chi connectivity index (χ1n) is 6.17. The number of nitrogens with one attached hydrogen (secondary N) is 1. The van der Waals surface area contributed by atoms with E-state index in [1.54, 1.807) is 0 Å². The number of pyridine rings is 1. The van der Waals surface area contributed by atoms with Crippen molar-refractivity contribution in [2.24, 2.45) is 0 Å². The molecule has 2 aromatic rings. The topological polar surface area (TPSA) is 24.9 Å². The maximum atomic E-state index is 4.37. The lowest BCUT2D eigenvalue weighted by atomic mass is 10.2. The predicted molar refractivity (Wildman–Crippen MR) is 79.1 cm³/mol. The molecule has 0 bridgehead atoms. The Hall–Kier alpha value is -1.48. The van der Waals surface area contributed by atoms with Gasteiger partial charge in [-0.2, -0.15) is 0 Å². The van der Waals surface area contributed by atoms with E-state index in [9.17, 15) is 0 Å². The fourth-order valence-corrected chi connectivity index (χ4v) is 2.56. The van der Waals surface area contributed by atoms with Crippen molar-refractivity contribution in [3.8, 4) is 0 Å². The fraction of sp³-hybridized carbons (Fsp3) is 0.267. The molecule has 0 unspecified atom stereocenters. The number of hydrogen-bond acceptors (Lipinski definition) is 3. The van der Waals surface area contributed by atoms with E-state index in [-0.39, 0.29) is 0 Å². The molecule has 0 aliphatic heterocycles. The Balaban J connectivity index is 2.03. The average Bonchev–Trinajstić information content (AvgIpc) is 2.40. The first-order valence-corrected chi connectivity index (χ1v) is 7.15. The summed E-state index contributed by atoms with van der Waals surface area (Å²) in [6.07, 6.45) is 1.83. The second kappa shape index (κ2) is 6.45. The highest BCUT2D eigenvalue weighted by Crippen LogP contribution is 2.25. The molecule has 1 heterocycles. The molecule has 3 heteroatoms. The normalized spacial score (nSPS) is 10.3. The molecule has 0 atom stereocenters. The second-order valence-electron chi connectivity index (χ2n) is 4.14. The molecule has 2 nitrogen and oxygen atoms in total. The van der Waals surface area contributed by atoms with Crippen LogP contribution in [-0.2, 0) is 5.75 Å². The van der Waals surface area contributed by atoms with Gasteiger partial charge < -0.3 is 5.32 Å². The summed E-state index contributed by atoms with van der Waals surface area (Å²) >= 11 is 1.84. The van der Waals surface area contributed by atoms with Gasteiger partial charge in [0.1, 0.15) is 5.82 Å². The Morgan fingerprint density at radius 1 is 1.17 bits per heavy atom. The smallest absolute Gasteiger partial charge is 0.129 e. The first kappa shape index (κ1) is 13.0. The minimum atomic E-state index is 0.902. The number of benzene rings is 1. The third-order valence-corrected chi connectivity index (χ3v) is 3.71. The molecule has 0 radical (unpaired) electrons. The monoisotopic (exact) mass is 258 g/mol. The number of nitrogens with zero attached hydrogens (tertiary/aromatic N) is 1. The van der Waals surface area contributed by atoms with Crippen LogP contribution >= 0.6 is 11.8 Å². The molecule has 0 aliphatic rings. The van der Waals surface area contributed by atoms with Crippen LogP contribution in [0.1, 0.15) is 18.1 Å². The van der Waals surface area contributed by atoms with Crippen molar-refractivity contribution < 1.29 is 0 Å². The van der Waals surface area contributed by atoms with Gasteiger partial charge in [0.2, 0.25) is 0 Å². The van der Waals surface area contributed by atoms with Crippen molar-refractivity contribution in [3.63, 3.8) is 0 Å². The van der Waals surface area contributed by atoms with Crippen LogP contribution in [0.25, 0.3) is 0 Å². The summed E-state index contributed by atoms with van der Waals surface area (Å²) in [6, 6.07) is 12.8. The largest absolute Gasteiger partial charge is 0.370 e. The van der Waals surface area contributed by atoms with Crippen LogP contribution in [0, 0.1) is 6.92 Å². The Morgan fingerprint density at radius 2 is 1.94 bits per heavy atom. The third-order valence-electron chi connectivity index (χ3n) is 2.65. The molecule has 0 amide bonds. The summed E-state index contributed by atoms with van der Waals surface area (Å²) in [5.41, 5.74) is 2.55. The van der Waals surface area contributed by atoms with Gasteiger partial charge in [0, 0.05) is 29.0 Å². The standard InChI is InChI=1S/C15H18N2S/c1-3-16-15-13(5-4-10-17-15)11-18-14-8-6-12(2)7-9-14/h4-10H,3,11H2,1-2H3,(H,16,17). The molecule has 94 valence electrons. The van der Waals surface area contributed by atoms with Gasteiger partial charge in [0.05, 0.1) is 0 Å². The summed E-state index contributed by atoms with van der Waals surface area (Å²) in [5.74, 6) is 1.94. The van der Waals surface area contributed by atoms with Gasteiger partial charge in [-0.3, -0.25) is 0 Å². The SMILES string of the molecule is CCNc1ncccc1CSc1ccc(C)cc1. The highest BCUT2D eigenvalue weighted by atomic mass is 32.2. The van der Waals surface area contributed by atoms with Crippen LogP contribution in [0.4, 0.5) is 5.82 Å². The molecule has 0 fully saturated rings. The second-order valence-corrected chi connectivity index (χ2v) is 5.19. The predicted octanol–water partition coefficient (Wildman–Crippen LogP) is 4.11. The molecular weight excluding hydrogens is 240 g/mol. The van der Waals surface area contributed by atoms with Crippen molar-refractivity contribution >= 4 is 17.6 Å². The zero-order valence-electron chi connectivity index (χ0n) is 10.8. The van der Waals surface area contributed by atoms with Crippen molar-refractivity contribution in [1.29, 1.82) is 0 Å². The quantitative estimate of drug-likeness (QED) is 0.817. The summed E-state index contributed by atoms with van der Waals surface area (Å²) in [6.45, 7) is 5.10. The number of rotatable bonds is 5. The van der Waals surface area contributed by atoms with Crippen LogP contribution in [0.15, 0.2) is 47.5 Å². The summed E-state index contributed by atoms with van der Waals surface area (Å²) in [4.78, 5) is 5.67. The van der Waals surface area contributed by atoms with E-state index < -0.39 is 0 Å². The van der Waals surface area contributed by atoms with Crippen LogP contribution in [0.3, 0.4) is 0 Å². The molecule has 1 aromatic heterocycles. The van der Waals surface area contributed by atoms with Gasteiger partial charge in [-0.05, 0) is 32.0 Å². The van der Waals surface area contributed by atoms with Gasteiger partial charge >= 0.3 is 0 Å². The van der Waals surface area contributed by atoms with Gasteiger partial charge in [0.25, 0.3) is 0 Å². The summed E-state index contributed by atoms with van der Waals surface area (Å²) in [5, 5.41) is 3.30. The highest BCUT2D eigenvalue weighted by molar-refractivity contribution is 7.98. The molecule has 0 saturated carbocycles. The van der Waals surface area contributed by atoms with Crippen LogP contribution < -0.4 is 5.32 Å². The van der Waals surface area contributed by atoms with Crippen LogP contribution in [-0.4, -0.2) is 11.5 Å². The minimum absolute atomic E-state index is 0.902. The molecular formula is C15H18N2S. The van der Waals surface area contributed by atoms with E-state index in [0.717, 1.165) is 18.1 Å². The molecule has 2 rings (SSSR count). The third kappa shape index (κ3) is 3.50. The van der Waals surface area contributed by atoms with Gasteiger partial charge in [-0.25, -0.2) is 4.98 Å². The summed E-state index contributed by atoms with van der Waals surface area (Å²) < 4.78 is 0. The fourth-order valence-electron chi connectivity index (χ4n) is 1.68. The molecule has 0 spiro atoms.